The van der Waals surface area contributed by atoms with Crippen LogP contribution in [-0.2, 0) is 20.8 Å². The first kappa shape index (κ1) is 27.3. The number of ether oxygens (including phenoxy) is 2. The van der Waals surface area contributed by atoms with Gasteiger partial charge in [-0.15, -0.1) is 11.3 Å². The highest BCUT2D eigenvalue weighted by Gasteiger charge is 2.27. The fourth-order valence-corrected chi connectivity index (χ4v) is 5.17. The number of anilines is 2. The molecule has 0 bridgehead atoms. The number of hydrogen-bond donors (Lipinski definition) is 4. The lowest BCUT2D eigenvalue weighted by molar-refractivity contribution is -0.127. The monoisotopic (exact) mass is 555 g/mol. The second-order valence-electron chi connectivity index (χ2n) is 9.12. The molecule has 2 fully saturated rings. The van der Waals surface area contributed by atoms with Crippen LogP contribution in [0.5, 0.6) is 0 Å². The van der Waals surface area contributed by atoms with Crippen LogP contribution in [0.1, 0.15) is 57.1 Å². The van der Waals surface area contributed by atoms with E-state index in [0.717, 1.165) is 44.2 Å². The lowest BCUT2D eigenvalue weighted by Gasteiger charge is -2.24. The second-order valence-corrected chi connectivity index (χ2v) is 10.2. The molecule has 11 nitrogen and oxygen atoms in total. The minimum atomic E-state index is -0.804. The predicted molar refractivity (Wildman–Crippen MR) is 136 cm³/mol. The van der Waals surface area contributed by atoms with Crippen molar-refractivity contribution in [2.45, 2.75) is 64.2 Å². The zero-order valence-corrected chi connectivity index (χ0v) is 21.9. The summed E-state index contributed by atoms with van der Waals surface area (Å²) in [5.41, 5.74) is 7.42. The van der Waals surface area contributed by atoms with Gasteiger partial charge in [-0.2, -0.15) is 14.4 Å². The topological polar surface area (TPSA) is 139 Å². The summed E-state index contributed by atoms with van der Waals surface area (Å²) in [6.45, 7) is 0.877. The molecular formula is C23H31ClFN7O4S. The molecule has 2 atom stereocenters. The van der Waals surface area contributed by atoms with Crippen molar-refractivity contribution >= 4 is 46.6 Å². The molecule has 3 heterocycles. The Bertz CT molecular complexity index is 1040. The summed E-state index contributed by atoms with van der Waals surface area (Å²) in [5, 5.41) is 7.13. The number of hydrogen-bond acceptors (Lipinski definition) is 10. The molecule has 0 spiro atoms. The number of aromatic nitrogens is 3. The van der Waals surface area contributed by atoms with Gasteiger partial charge in [-0.3, -0.25) is 15.6 Å². The molecule has 1 saturated heterocycles. The molecule has 0 aromatic carbocycles. The van der Waals surface area contributed by atoms with Crippen LogP contribution in [0.2, 0.25) is 5.28 Å². The summed E-state index contributed by atoms with van der Waals surface area (Å²) >= 11 is 7.39. The average Bonchev–Trinajstić information content (AvgIpc) is 3.61. The Labute approximate surface area is 223 Å². The third-order valence-corrected chi connectivity index (χ3v) is 7.19. The molecule has 2 aliphatic rings. The highest BCUT2D eigenvalue weighted by molar-refractivity contribution is 7.07. The first-order chi connectivity index (χ1) is 18.0. The van der Waals surface area contributed by atoms with Gasteiger partial charge < -0.3 is 20.1 Å². The van der Waals surface area contributed by atoms with E-state index in [9.17, 15) is 14.0 Å². The van der Waals surface area contributed by atoms with Crippen molar-refractivity contribution in [3.63, 3.8) is 0 Å². The SMILES string of the molecule is O=C(NC[C@@H](CC1CCCC1)C(=O)NNc1nc(Cl)nc(NCc2cscn2)c1F)OC1CCCCO1. The van der Waals surface area contributed by atoms with E-state index in [2.05, 4.69) is 36.4 Å². The third kappa shape index (κ3) is 8.37. The Morgan fingerprint density at radius 2 is 1.97 bits per heavy atom. The summed E-state index contributed by atoms with van der Waals surface area (Å²) in [6.07, 6.45) is 6.21. The fraction of sp³-hybridized carbons (Fsp3) is 0.609. The van der Waals surface area contributed by atoms with Crippen LogP contribution in [0.3, 0.4) is 0 Å². The summed E-state index contributed by atoms with van der Waals surface area (Å²) < 4.78 is 25.7. The van der Waals surface area contributed by atoms with E-state index in [4.69, 9.17) is 21.1 Å². The average molecular weight is 556 g/mol. The number of thiazole rings is 1. The molecule has 2 amide bonds. The van der Waals surface area contributed by atoms with Crippen LogP contribution >= 0.6 is 22.9 Å². The molecule has 37 heavy (non-hydrogen) atoms. The minimum Gasteiger partial charge on any atom is -0.420 e. The molecule has 1 unspecified atom stereocenters. The molecule has 1 aliphatic carbocycles. The maximum atomic E-state index is 15.0. The van der Waals surface area contributed by atoms with Gasteiger partial charge in [-0.1, -0.05) is 25.7 Å². The summed E-state index contributed by atoms with van der Waals surface area (Å²) in [4.78, 5) is 37.2. The third-order valence-electron chi connectivity index (χ3n) is 6.38. The Kier molecular flexibility index (Phi) is 10.1. The van der Waals surface area contributed by atoms with Crippen LogP contribution in [-0.4, -0.2) is 46.4 Å². The zero-order valence-electron chi connectivity index (χ0n) is 20.3. The van der Waals surface area contributed by atoms with E-state index >= 15 is 0 Å². The molecular weight excluding hydrogens is 525 g/mol. The number of halogens is 2. The highest BCUT2D eigenvalue weighted by Crippen LogP contribution is 2.30. The van der Waals surface area contributed by atoms with E-state index in [1.807, 2.05) is 5.38 Å². The van der Waals surface area contributed by atoms with Crippen LogP contribution in [0.15, 0.2) is 10.9 Å². The first-order valence-electron chi connectivity index (χ1n) is 12.4. The van der Waals surface area contributed by atoms with Crippen molar-refractivity contribution in [2.24, 2.45) is 11.8 Å². The summed E-state index contributed by atoms with van der Waals surface area (Å²) in [6, 6.07) is 0. The predicted octanol–water partition coefficient (Wildman–Crippen LogP) is 4.23. The van der Waals surface area contributed by atoms with Gasteiger partial charge in [-0.25, -0.2) is 9.78 Å². The molecule has 2 aromatic rings. The van der Waals surface area contributed by atoms with Gasteiger partial charge in [-0.05, 0) is 36.8 Å². The normalized spacial score (nSPS) is 18.7. The number of amides is 2. The van der Waals surface area contributed by atoms with Gasteiger partial charge in [0.1, 0.15) is 0 Å². The molecule has 0 radical (unpaired) electrons. The van der Waals surface area contributed by atoms with Gasteiger partial charge in [0.25, 0.3) is 0 Å². The van der Waals surface area contributed by atoms with Crippen molar-refractivity contribution in [2.75, 3.05) is 23.9 Å². The smallest absolute Gasteiger partial charge is 0.409 e. The number of nitrogens with zero attached hydrogens (tertiary/aromatic N) is 3. The molecule has 4 N–H and O–H groups in total. The number of hydrazine groups is 1. The maximum Gasteiger partial charge on any atom is 0.409 e. The number of rotatable bonds is 11. The highest BCUT2D eigenvalue weighted by atomic mass is 35.5. The lowest BCUT2D eigenvalue weighted by atomic mass is 9.92. The van der Waals surface area contributed by atoms with E-state index in [1.54, 1.807) is 5.51 Å². The van der Waals surface area contributed by atoms with Gasteiger partial charge in [0.2, 0.25) is 23.3 Å². The number of nitrogens with one attached hydrogen (secondary N) is 4. The van der Waals surface area contributed by atoms with Gasteiger partial charge in [0.15, 0.2) is 11.6 Å². The van der Waals surface area contributed by atoms with Crippen LogP contribution in [0.4, 0.5) is 20.8 Å². The fourth-order valence-electron chi connectivity index (χ4n) is 4.44. The van der Waals surface area contributed by atoms with Crippen LogP contribution in [0.25, 0.3) is 0 Å². The van der Waals surface area contributed by atoms with Crippen LogP contribution in [0, 0.1) is 17.7 Å². The number of carbonyl (C=O) groups is 2. The molecule has 1 saturated carbocycles. The second kappa shape index (κ2) is 13.7. The summed E-state index contributed by atoms with van der Waals surface area (Å²) in [5.74, 6) is -1.80. The van der Waals surface area contributed by atoms with E-state index in [1.165, 1.54) is 11.3 Å². The van der Waals surface area contributed by atoms with Crippen molar-refractivity contribution in [1.82, 2.24) is 25.7 Å². The quantitative estimate of drug-likeness (QED) is 0.237. The Hall–Kier alpha value is -2.77. The molecule has 14 heteroatoms. The van der Waals surface area contributed by atoms with E-state index in [-0.39, 0.29) is 30.0 Å². The Morgan fingerprint density at radius 3 is 2.70 bits per heavy atom. The molecule has 1 aliphatic heterocycles. The van der Waals surface area contributed by atoms with Crippen molar-refractivity contribution in [3.05, 3.63) is 27.7 Å². The largest absolute Gasteiger partial charge is 0.420 e. The molecule has 2 aromatic heterocycles. The van der Waals surface area contributed by atoms with Crippen molar-refractivity contribution in [3.8, 4) is 0 Å². The Balaban J connectivity index is 1.34. The van der Waals surface area contributed by atoms with E-state index in [0.29, 0.717) is 25.4 Å². The standard InChI is InChI=1S/C23H31ClFN7O4S/c24-22-29-19(26-11-16-12-37-13-28-16)18(25)20(30-22)31-32-21(33)15(9-14-5-1-2-6-14)10-27-23(34)36-17-7-3-4-8-35-17/h12-15,17H,1-11H2,(H,27,34)(H,32,33)(H2,26,29,30,31)/t15-,17?/m1/s1. The van der Waals surface area contributed by atoms with Crippen molar-refractivity contribution in [1.29, 1.82) is 0 Å². The van der Waals surface area contributed by atoms with Gasteiger partial charge in [0, 0.05) is 18.3 Å². The minimum absolute atomic E-state index is 0.0724. The zero-order chi connectivity index (χ0) is 26.0. The number of alkyl carbamates (subject to hydrolysis) is 1. The van der Waals surface area contributed by atoms with Gasteiger partial charge >= 0.3 is 6.09 Å². The molecule has 4 rings (SSSR count). The van der Waals surface area contributed by atoms with Gasteiger partial charge in [0.05, 0.1) is 30.3 Å². The van der Waals surface area contributed by atoms with Crippen molar-refractivity contribution < 1.29 is 23.5 Å². The maximum absolute atomic E-state index is 15.0. The number of carbonyl (C=O) groups excluding carboxylic acids is 2. The summed E-state index contributed by atoms with van der Waals surface area (Å²) in [7, 11) is 0. The van der Waals surface area contributed by atoms with Crippen LogP contribution < -0.4 is 21.5 Å². The first-order valence-corrected chi connectivity index (χ1v) is 13.8. The lowest BCUT2D eigenvalue weighted by Crippen LogP contribution is -2.43. The van der Waals surface area contributed by atoms with E-state index < -0.39 is 30.0 Å². The Morgan fingerprint density at radius 1 is 1.19 bits per heavy atom. The molecule has 202 valence electrons.